The molecule has 0 aliphatic carbocycles. The van der Waals surface area contributed by atoms with E-state index in [9.17, 15) is 9.18 Å². The lowest BCUT2D eigenvalue weighted by molar-refractivity contribution is -0.140. The highest BCUT2D eigenvalue weighted by atomic mass is 19.1. The Kier molecular flexibility index (Phi) is 4.84. The molecule has 0 bridgehead atoms. The number of carbonyl (C=O) groups excluding carboxylic acids is 1. The van der Waals surface area contributed by atoms with Crippen molar-refractivity contribution in [2.45, 2.75) is 26.8 Å². The van der Waals surface area contributed by atoms with Gasteiger partial charge in [0.05, 0.1) is 5.41 Å². The van der Waals surface area contributed by atoms with Crippen LogP contribution in [0.15, 0.2) is 24.3 Å². The molecular weight excluding hydrogens is 231 g/mol. The Morgan fingerprint density at radius 2 is 2.17 bits per heavy atom. The third kappa shape index (κ3) is 3.29. The van der Waals surface area contributed by atoms with Crippen LogP contribution in [0, 0.1) is 11.2 Å². The molecule has 1 rings (SSSR count). The van der Waals surface area contributed by atoms with E-state index in [1.54, 1.807) is 24.1 Å². The minimum atomic E-state index is -0.540. The van der Waals surface area contributed by atoms with Crippen LogP contribution < -0.4 is 5.73 Å². The summed E-state index contributed by atoms with van der Waals surface area (Å²) in [4.78, 5) is 13.9. The Hall–Kier alpha value is -1.42. The van der Waals surface area contributed by atoms with Gasteiger partial charge in [-0.25, -0.2) is 4.39 Å². The molecule has 0 aliphatic rings. The fraction of sp³-hybridized carbons (Fsp3) is 0.500. The average Bonchev–Trinajstić information content (AvgIpc) is 2.37. The van der Waals surface area contributed by atoms with Gasteiger partial charge in [0.15, 0.2) is 0 Å². The van der Waals surface area contributed by atoms with Crippen molar-refractivity contribution in [1.82, 2.24) is 4.90 Å². The van der Waals surface area contributed by atoms with Gasteiger partial charge in [0.1, 0.15) is 5.82 Å². The molecule has 0 spiro atoms. The van der Waals surface area contributed by atoms with E-state index in [1.807, 2.05) is 13.8 Å². The molecule has 0 aromatic heterocycles. The van der Waals surface area contributed by atoms with Gasteiger partial charge in [-0.1, -0.05) is 19.1 Å². The maximum atomic E-state index is 13.1. The van der Waals surface area contributed by atoms with Crippen molar-refractivity contribution in [3.05, 3.63) is 35.6 Å². The van der Waals surface area contributed by atoms with Gasteiger partial charge in [0, 0.05) is 20.1 Å². The number of nitrogens with zero attached hydrogens (tertiary/aromatic N) is 1. The summed E-state index contributed by atoms with van der Waals surface area (Å²) < 4.78 is 13.1. The Labute approximate surface area is 108 Å². The van der Waals surface area contributed by atoms with Crippen molar-refractivity contribution < 1.29 is 9.18 Å². The zero-order valence-corrected chi connectivity index (χ0v) is 11.2. The number of hydrogen-bond acceptors (Lipinski definition) is 2. The first-order valence-electron chi connectivity index (χ1n) is 6.13. The molecule has 0 saturated heterocycles. The number of hydrogen-bond donors (Lipinski definition) is 1. The molecule has 1 amide bonds. The first-order chi connectivity index (χ1) is 8.42. The van der Waals surface area contributed by atoms with Gasteiger partial charge in [-0.2, -0.15) is 0 Å². The van der Waals surface area contributed by atoms with Crippen LogP contribution in [0.5, 0.6) is 0 Å². The lowest BCUT2D eigenvalue weighted by Crippen LogP contribution is -2.44. The predicted molar refractivity (Wildman–Crippen MR) is 70.3 cm³/mol. The molecule has 1 aromatic rings. The van der Waals surface area contributed by atoms with Gasteiger partial charge in [-0.15, -0.1) is 0 Å². The molecule has 18 heavy (non-hydrogen) atoms. The van der Waals surface area contributed by atoms with Crippen LogP contribution in [0.3, 0.4) is 0 Å². The Bertz CT molecular complexity index is 416. The van der Waals surface area contributed by atoms with Gasteiger partial charge in [0.2, 0.25) is 5.91 Å². The molecule has 0 saturated carbocycles. The third-order valence-corrected chi connectivity index (χ3v) is 3.40. The number of benzene rings is 1. The van der Waals surface area contributed by atoms with E-state index in [4.69, 9.17) is 5.73 Å². The first kappa shape index (κ1) is 14.6. The lowest BCUT2D eigenvalue weighted by atomic mass is 9.86. The summed E-state index contributed by atoms with van der Waals surface area (Å²) in [7, 11) is 1.72. The Morgan fingerprint density at radius 3 is 2.67 bits per heavy atom. The number of amides is 1. The lowest BCUT2D eigenvalue weighted by Gasteiger charge is -2.30. The van der Waals surface area contributed by atoms with Gasteiger partial charge < -0.3 is 10.6 Å². The summed E-state index contributed by atoms with van der Waals surface area (Å²) >= 11 is 0. The third-order valence-electron chi connectivity index (χ3n) is 3.40. The molecular formula is C14H21FN2O. The van der Waals surface area contributed by atoms with Crippen molar-refractivity contribution in [2.24, 2.45) is 11.1 Å². The number of halogens is 1. The SMILES string of the molecule is CCC(C)(CN)C(=O)N(C)Cc1cccc(F)c1. The molecule has 0 aliphatic heterocycles. The Morgan fingerprint density at radius 1 is 1.50 bits per heavy atom. The van der Waals surface area contributed by atoms with Crippen LogP contribution in [0.1, 0.15) is 25.8 Å². The second-order valence-electron chi connectivity index (χ2n) is 4.91. The van der Waals surface area contributed by atoms with Crippen LogP contribution in [0.25, 0.3) is 0 Å². The molecule has 1 aromatic carbocycles. The molecule has 4 heteroatoms. The number of rotatable bonds is 5. The van der Waals surface area contributed by atoms with Gasteiger partial charge >= 0.3 is 0 Å². The largest absolute Gasteiger partial charge is 0.341 e. The van der Waals surface area contributed by atoms with E-state index in [0.29, 0.717) is 19.5 Å². The minimum Gasteiger partial charge on any atom is -0.341 e. The standard InChI is InChI=1S/C14H21FN2O/c1-4-14(2,10-16)13(18)17(3)9-11-6-5-7-12(15)8-11/h5-8H,4,9-10,16H2,1-3H3. The highest BCUT2D eigenvalue weighted by Crippen LogP contribution is 2.23. The maximum absolute atomic E-state index is 13.1. The zero-order valence-electron chi connectivity index (χ0n) is 11.2. The van der Waals surface area contributed by atoms with E-state index >= 15 is 0 Å². The summed E-state index contributed by atoms with van der Waals surface area (Å²) in [6, 6.07) is 6.28. The fourth-order valence-corrected chi connectivity index (χ4v) is 1.82. The summed E-state index contributed by atoms with van der Waals surface area (Å²) in [6.45, 7) is 4.51. The van der Waals surface area contributed by atoms with E-state index in [0.717, 1.165) is 5.56 Å². The smallest absolute Gasteiger partial charge is 0.229 e. The summed E-state index contributed by atoms with van der Waals surface area (Å²) in [5.74, 6) is -0.290. The monoisotopic (exact) mass is 252 g/mol. The van der Waals surface area contributed by atoms with E-state index < -0.39 is 5.41 Å². The molecule has 2 N–H and O–H groups in total. The molecule has 3 nitrogen and oxygen atoms in total. The van der Waals surface area contributed by atoms with Crippen LogP contribution in [0.4, 0.5) is 4.39 Å². The van der Waals surface area contributed by atoms with Crippen LogP contribution >= 0.6 is 0 Å². The van der Waals surface area contributed by atoms with Crippen molar-refractivity contribution >= 4 is 5.91 Å². The molecule has 1 unspecified atom stereocenters. The predicted octanol–water partition coefficient (Wildman–Crippen LogP) is 2.16. The van der Waals surface area contributed by atoms with Crippen molar-refractivity contribution in [3.63, 3.8) is 0 Å². The molecule has 100 valence electrons. The quantitative estimate of drug-likeness (QED) is 0.873. The molecule has 0 heterocycles. The van der Waals surface area contributed by atoms with Crippen molar-refractivity contribution in [1.29, 1.82) is 0 Å². The zero-order chi connectivity index (χ0) is 13.8. The summed E-state index contributed by atoms with van der Waals surface area (Å²) in [6.07, 6.45) is 0.690. The van der Waals surface area contributed by atoms with Gasteiger partial charge in [-0.3, -0.25) is 4.79 Å². The van der Waals surface area contributed by atoms with E-state index in [1.165, 1.54) is 12.1 Å². The normalized spacial score (nSPS) is 14.1. The highest BCUT2D eigenvalue weighted by Gasteiger charge is 2.32. The molecule has 1 atom stereocenters. The second-order valence-corrected chi connectivity index (χ2v) is 4.91. The van der Waals surface area contributed by atoms with Crippen LogP contribution in [-0.2, 0) is 11.3 Å². The first-order valence-corrected chi connectivity index (χ1v) is 6.13. The average molecular weight is 252 g/mol. The Balaban J connectivity index is 2.77. The minimum absolute atomic E-state index is 0.00300. The van der Waals surface area contributed by atoms with Gasteiger partial charge in [0.25, 0.3) is 0 Å². The maximum Gasteiger partial charge on any atom is 0.229 e. The van der Waals surface area contributed by atoms with Gasteiger partial charge in [-0.05, 0) is 31.0 Å². The fourth-order valence-electron chi connectivity index (χ4n) is 1.82. The second kappa shape index (κ2) is 5.96. The number of nitrogens with two attached hydrogens (primary N) is 1. The van der Waals surface area contributed by atoms with Crippen LogP contribution in [-0.4, -0.2) is 24.4 Å². The summed E-state index contributed by atoms with van der Waals surface area (Å²) in [5, 5.41) is 0. The van der Waals surface area contributed by atoms with Crippen LogP contribution in [0.2, 0.25) is 0 Å². The topological polar surface area (TPSA) is 46.3 Å². The van der Waals surface area contributed by atoms with E-state index in [-0.39, 0.29) is 11.7 Å². The van der Waals surface area contributed by atoms with E-state index in [2.05, 4.69) is 0 Å². The van der Waals surface area contributed by atoms with Crippen molar-refractivity contribution in [3.8, 4) is 0 Å². The number of carbonyl (C=O) groups is 1. The van der Waals surface area contributed by atoms with Crippen molar-refractivity contribution in [2.75, 3.05) is 13.6 Å². The summed E-state index contributed by atoms with van der Waals surface area (Å²) in [5.41, 5.74) is 5.91. The molecule has 0 radical (unpaired) electrons. The highest BCUT2D eigenvalue weighted by molar-refractivity contribution is 5.82. The molecule has 0 fully saturated rings.